The maximum absolute atomic E-state index is 12.1. The highest BCUT2D eigenvalue weighted by atomic mass is 16.5. The number of hydrogen-bond donors (Lipinski definition) is 2. The zero-order chi connectivity index (χ0) is 16.9. The molecule has 0 fully saturated rings. The number of carbonyl (C=O) groups excluding carboxylic acids is 1. The summed E-state index contributed by atoms with van der Waals surface area (Å²) in [5.74, 6) is 0.0402. The fourth-order valence-corrected chi connectivity index (χ4v) is 2.56. The number of H-pyrrole nitrogens is 1. The summed E-state index contributed by atoms with van der Waals surface area (Å²) in [4.78, 5) is 21.6. The van der Waals surface area contributed by atoms with Crippen LogP contribution in [0.4, 0.5) is 0 Å². The van der Waals surface area contributed by atoms with Gasteiger partial charge in [-0.2, -0.15) is 4.98 Å². The maximum atomic E-state index is 12.1. The molecule has 0 saturated carbocycles. The first-order chi connectivity index (χ1) is 11.7. The Labute approximate surface area is 140 Å². The highest BCUT2D eigenvalue weighted by Gasteiger charge is 2.16. The van der Waals surface area contributed by atoms with Crippen molar-refractivity contribution in [3.05, 3.63) is 36.4 Å². The molecule has 0 saturated heterocycles. The van der Waals surface area contributed by atoms with Gasteiger partial charge in [0, 0.05) is 30.4 Å². The largest absolute Gasteiger partial charge is 0.361 e. The quantitative estimate of drug-likeness (QED) is 0.695. The normalized spacial score (nSPS) is 11.3. The second-order valence-corrected chi connectivity index (χ2v) is 5.49. The molecule has 1 amide bonds. The Balaban J connectivity index is 1.65. The summed E-state index contributed by atoms with van der Waals surface area (Å²) in [7, 11) is 0. The average molecular weight is 327 g/mol. The minimum atomic E-state index is -0.346. The molecule has 0 radical (unpaired) electrons. The molecular weight excluding hydrogens is 306 g/mol. The van der Waals surface area contributed by atoms with Crippen molar-refractivity contribution < 1.29 is 9.32 Å². The molecular formula is C17H21N5O2. The fraction of sp³-hybridized carbons (Fsp3) is 0.353. The Morgan fingerprint density at radius 1 is 1.29 bits per heavy atom. The number of likely N-dealkylation sites (N-methyl/N-ethyl adjacent to an activating group) is 1. The minimum Gasteiger partial charge on any atom is -0.361 e. The molecule has 3 aromatic rings. The van der Waals surface area contributed by atoms with Gasteiger partial charge in [0.05, 0.1) is 0 Å². The highest BCUT2D eigenvalue weighted by Crippen LogP contribution is 2.21. The minimum absolute atomic E-state index is 0.0175. The molecule has 3 rings (SSSR count). The third-order valence-corrected chi connectivity index (χ3v) is 4.04. The highest BCUT2D eigenvalue weighted by molar-refractivity contribution is 5.90. The van der Waals surface area contributed by atoms with E-state index in [1.807, 2.05) is 30.5 Å². The van der Waals surface area contributed by atoms with Crippen LogP contribution in [0.3, 0.4) is 0 Å². The van der Waals surface area contributed by atoms with Gasteiger partial charge in [-0.15, -0.1) is 0 Å². The molecule has 2 N–H and O–H groups in total. The van der Waals surface area contributed by atoms with E-state index in [2.05, 4.69) is 39.2 Å². The number of amides is 1. The van der Waals surface area contributed by atoms with E-state index in [-0.39, 0.29) is 11.8 Å². The zero-order valence-electron chi connectivity index (χ0n) is 13.9. The number of aromatic nitrogens is 3. The number of aromatic amines is 1. The monoisotopic (exact) mass is 327 g/mol. The van der Waals surface area contributed by atoms with E-state index in [1.54, 1.807) is 0 Å². The lowest BCUT2D eigenvalue weighted by Crippen LogP contribution is -2.34. The Morgan fingerprint density at radius 3 is 2.92 bits per heavy atom. The van der Waals surface area contributed by atoms with Crippen molar-refractivity contribution in [2.75, 3.05) is 26.2 Å². The van der Waals surface area contributed by atoms with Crippen molar-refractivity contribution in [1.82, 2.24) is 25.3 Å². The van der Waals surface area contributed by atoms with Crippen LogP contribution in [0.1, 0.15) is 24.5 Å². The van der Waals surface area contributed by atoms with Crippen molar-refractivity contribution in [2.45, 2.75) is 13.8 Å². The molecule has 7 nitrogen and oxygen atoms in total. The fourth-order valence-electron chi connectivity index (χ4n) is 2.56. The maximum Gasteiger partial charge on any atom is 0.316 e. The first-order valence-electron chi connectivity index (χ1n) is 8.13. The molecule has 0 aliphatic carbocycles. The number of nitrogens with one attached hydrogen (secondary N) is 2. The van der Waals surface area contributed by atoms with Crippen molar-refractivity contribution >= 4 is 16.8 Å². The number of fused-ring (bicyclic) bond motifs is 1. The van der Waals surface area contributed by atoms with Gasteiger partial charge in [-0.25, -0.2) is 0 Å². The average Bonchev–Trinajstić information content (AvgIpc) is 3.26. The second kappa shape index (κ2) is 7.27. The third-order valence-electron chi connectivity index (χ3n) is 4.04. The summed E-state index contributed by atoms with van der Waals surface area (Å²) < 4.78 is 5.09. The summed E-state index contributed by atoms with van der Waals surface area (Å²) in [6.07, 6.45) is 1.87. The lowest BCUT2D eigenvalue weighted by molar-refractivity contribution is 0.0905. The Hall–Kier alpha value is -2.67. The number of hydrogen-bond acceptors (Lipinski definition) is 5. The van der Waals surface area contributed by atoms with Crippen LogP contribution < -0.4 is 5.32 Å². The smallest absolute Gasteiger partial charge is 0.316 e. The summed E-state index contributed by atoms with van der Waals surface area (Å²) in [5, 5.41) is 7.82. The molecule has 2 heterocycles. The molecule has 2 aromatic heterocycles. The Bertz CT molecular complexity index is 819. The van der Waals surface area contributed by atoms with Gasteiger partial charge >= 0.3 is 11.8 Å². The Kier molecular flexibility index (Phi) is 4.90. The number of nitrogens with zero attached hydrogens (tertiary/aromatic N) is 3. The molecule has 24 heavy (non-hydrogen) atoms. The first-order valence-corrected chi connectivity index (χ1v) is 8.13. The summed E-state index contributed by atoms with van der Waals surface area (Å²) >= 11 is 0. The zero-order valence-corrected chi connectivity index (χ0v) is 13.9. The van der Waals surface area contributed by atoms with Gasteiger partial charge in [0.1, 0.15) is 0 Å². The van der Waals surface area contributed by atoms with Gasteiger partial charge in [-0.3, -0.25) is 4.79 Å². The van der Waals surface area contributed by atoms with Gasteiger partial charge in [0.2, 0.25) is 5.82 Å². The second-order valence-electron chi connectivity index (χ2n) is 5.49. The summed E-state index contributed by atoms with van der Waals surface area (Å²) in [6, 6.07) is 7.80. The number of rotatable bonds is 7. The van der Waals surface area contributed by atoms with E-state index >= 15 is 0 Å². The SMILES string of the molecule is CCN(CC)CCNC(=O)c1nc(-c2ccc3cc[nH]c3c2)no1. The van der Waals surface area contributed by atoms with Crippen molar-refractivity contribution in [1.29, 1.82) is 0 Å². The van der Waals surface area contributed by atoms with Gasteiger partial charge in [-0.1, -0.05) is 31.1 Å². The van der Waals surface area contributed by atoms with Gasteiger partial charge < -0.3 is 19.7 Å². The standard InChI is InChI=1S/C17H21N5O2/c1-3-22(4-2)10-9-19-16(23)17-20-15(21-24-17)13-6-5-12-7-8-18-14(12)11-13/h5-8,11,18H,3-4,9-10H2,1-2H3,(H,19,23). The van der Waals surface area contributed by atoms with E-state index in [9.17, 15) is 4.79 Å². The molecule has 0 unspecified atom stereocenters. The van der Waals surface area contributed by atoms with E-state index in [0.717, 1.165) is 36.1 Å². The van der Waals surface area contributed by atoms with Crippen LogP contribution in [-0.4, -0.2) is 52.1 Å². The van der Waals surface area contributed by atoms with Crippen LogP contribution in [0, 0.1) is 0 Å². The van der Waals surface area contributed by atoms with E-state index < -0.39 is 0 Å². The molecule has 0 aliphatic rings. The molecule has 126 valence electrons. The molecule has 0 bridgehead atoms. The molecule has 1 aromatic carbocycles. The van der Waals surface area contributed by atoms with Crippen LogP contribution in [0.2, 0.25) is 0 Å². The number of benzene rings is 1. The number of carbonyl (C=O) groups is 1. The third kappa shape index (κ3) is 3.46. The van der Waals surface area contributed by atoms with Gasteiger partial charge in [0.15, 0.2) is 0 Å². The van der Waals surface area contributed by atoms with Crippen molar-refractivity contribution in [3.63, 3.8) is 0 Å². The van der Waals surface area contributed by atoms with Crippen LogP contribution in [-0.2, 0) is 0 Å². The van der Waals surface area contributed by atoms with Crippen LogP contribution in [0.15, 0.2) is 35.0 Å². The van der Waals surface area contributed by atoms with Crippen LogP contribution in [0.5, 0.6) is 0 Å². The molecule has 0 spiro atoms. The molecule has 7 heteroatoms. The van der Waals surface area contributed by atoms with Crippen molar-refractivity contribution in [2.24, 2.45) is 0 Å². The predicted molar refractivity (Wildman–Crippen MR) is 91.7 cm³/mol. The van der Waals surface area contributed by atoms with Gasteiger partial charge in [-0.05, 0) is 30.6 Å². The lowest BCUT2D eigenvalue weighted by Gasteiger charge is -2.17. The topological polar surface area (TPSA) is 87.0 Å². The van der Waals surface area contributed by atoms with E-state index in [4.69, 9.17) is 4.52 Å². The summed E-state index contributed by atoms with van der Waals surface area (Å²) in [5.41, 5.74) is 1.79. The van der Waals surface area contributed by atoms with Gasteiger partial charge in [0.25, 0.3) is 0 Å². The Morgan fingerprint density at radius 2 is 2.12 bits per heavy atom. The predicted octanol–water partition coefficient (Wildman–Crippen LogP) is 2.29. The van der Waals surface area contributed by atoms with E-state index in [1.165, 1.54) is 0 Å². The molecule has 0 atom stereocenters. The first kappa shape index (κ1) is 16.2. The van der Waals surface area contributed by atoms with Crippen LogP contribution >= 0.6 is 0 Å². The van der Waals surface area contributed by atoms with Crippen molar-refractivity contribution in [3.8, 4) is 11.4 Å². The van der Waals surface area contributed by atoms with Crippen LogP contribution in [0.25, 0.3) is 22.3 Å². The summed E-state index contributed by atoms with van der Waals surface area (Å²) in [6.45, 7) is 7.44. The van der Waals surface area contributed by atoms with E-state index in [0.29, 0.717) is 12.4 Å². The molecule has 0 aliphatic heterocycles. The lowest BCUT2D eigenvalue weighted by atomic mass is 10.1.